The third kappa shape index (κ3) is 4.03. The van der Waals surface area contributed by atoms with Crippen molar-refractivity contribution in [2.75, 3.05) is 18.9 Å². The summed E-state index contributed by atoms with van der Waals surface area (Å²) in [5.74, 6) is 0.285. The molecule has 0 saturated heterocycles. The number of rotatable bonds is 6. The van der Waals surface area contributed by atoms with Gasteiger partial charge >= 0.3 is 5.97 Å². The lowest BCUT2D eigenvalue weighted by Crippen LogP contribution is -2.30. The molecule has 0 atom stereocenters. The van der Waals surface area contributed by atoms with Gasteiger partial charge in [-0.05, 0) is 36.1 Å². The Kier molecular flexibility index (Phi) is 5.06. The van der Waals surface area contributed by atoms with Crippen molar-refractivity contribution in [3.05, 3.63) is 41.4 Å². The maximum atomic E-state index is 11.5. The summed E-state index contributed by atoms with van der Waals surface area (Å²) in [4.78, 5) is 23.9. The molecule has 1 amide bonds. The standard InChI is InChI=1S/C14H15NO4S/c16-13-10-20-9-7-15(13)6-1-8-19-12-4-2-11(3-5-12)14(17)18/h2-5,7,9H,1,6,8,10H2,(H,17,18). The van der Waals surface area contributed by atoms with Gasteiger partial charge in [-0.2, -0.15) is 0 Å². The first-order valence-corrected chi connectivity index (χ1v) is 7.25. The van der Waals surface area contributed by atoms with Gasteiger partial charge in [0.25, 0.3) is 0 Å². The number of amides is 1. The van der Waals surface area contributed by atoms with Gasteiger partial charge in [-0.15, -0.1) is 11.8 Å². The number of benzene rings is 1. The number of hydrogen-bond donors (Lipinski definition) is 1. The average molecular weight is 293 g/mol. The number of carbonyl (C=O) groups is 2. The zero-order valence-electron chi connectivity index (χ0n) is 10.8. The van der Waals surface area contributed by atoms with Gasteiger partial charge in [-0.3, -0.25) is 4.79 Å². The van der Waals surface area contributed by atoms with Crippen LogP contribution in [0.2, 0.25) is 0 Å². The van der Waals surface area contributed by atoms with Crippen molar-refractivity contribution in [3.8, 4) is 5.75 Å². The highest BCUT2D eigenvalue weighted by Gasteiger charge is 2.13. The van der Waals surface area contributed by atoms with Gasteiger partial charge in [0, 0.05) is 12.7 Å². The molecular formula is C14H15NO4S. The number of aromatic carboxylic acids is 1. The maximum Gasteiger partial charge on any atom is 0.335 e. The van der Waals surface area contributed by atoms with Crippen LogP contribution in [-0.4, -0.2) is 40.8 Å². The van der Waals surface area contributed by atoms with Gasteiger partial charge < -0.3 is 14.7 Å². The van der Waals surface area contributed by atoms with E-state index in [4.69, 9.17) is 9.84 Å². The lowest BCUT2D eigenvalue weighted by molar-refractivity contribution is -0.126. The van der Waals surface area contributed by atoms with Crippen molar-refractivity contribution in [3.63, 3.8) is 0 Å². The molecule has 0 aliphatic carbocycles. The minimum Gasteiger partial charge on any atom is -0.494 e. The minimum absolute atomic E-state index is 0.114. The summed E-state index contributed by atoms with van der Waals surface area (Å²) in [6.45, 7) is 1.11. The Bertz CT molecular complexity index is 512. The van der Waals surface area contributed by atoms with E-state index in [9.17, 15) is 9.59 Å². The number of carboxylic acid groups (broad SMARTS) is 1. The quantitative estimate of drug-likeness (QED) is 0.814. The van der Waals surface area contributed by atoms with Crippen molar-refractivity contribution in [2.24, 2.45) is 0 Å². The molecule has 1 aromatic carbocycles. The summed E-state index contributed by atoms with van der Waals surface area (Å²) >= 11 is 1.50. The summed E-state index contributed by atoms with van der Waals surface area (Å²) in [5.41, 5.74) is 0.235. The van der Waals surface area contributed by atoms with Crippen molar-refractivity contribution in [2.45, 2.75) is 6.42 Å². The molecule has 1 N–H and O–H groups in total. The molecule has 1 aliphatic heterocycles. The number of thioether (sulfide) groups is 1. The number of carboxylic acids is 1. The van der Waals surface area contributed by atoms with Crippen LogP contribution in [0.3, 0.4) is 0 Å². The minimum atomic E-state index is -0.954. The molecule has 0 aromatic heterocycles. The van der Waals surface area contributed by atoms with Gasteiger partial charge in [0.2, 0.25) is 5.91 Å². The molecule has 106 valence electrons. The first-order chi connectivity index (χ1) is 9.66. The zero-order chi connectivity index (χ0) is 14.4. The molecule has 0 radical (unpaired) electrons. The molecule has 0 saturated carbocycles. The molecule has 2 rings (SSSR count). The highest BCUT2D eigenvalue weighted by molar-refractivity contribution is 8.02. The van der Waals surface area contributed by atoms with E-state index in [1.165, 1.54) is 23.9 Å². The first kappa shape index (κ1) is 14.5. The number of nitrogens with zero attached hydrogens (tertiary/aromatic N) is 1. The summed E-state index contributed by atoms with van der Waals surface area (Å²) in [5, 5.41) is 10.7. The van der Waals surface area contributed by atoms with Crippen LogP contribution >= 0.6 is 11.8 Å². The van der Waals surface area contributed by atoms with E-state index in [0.717, 1.165) is 6.42 Å². The zero-order valence-corrected chi connectivity index (χ0v) is 11.6. The molecule has 1 aliphatic rings. The topological polar surface area (TPSA) is 66.8 Å². The Morgan fingerprint density at radius 3 is 2.75 bits per heavy atom. The molecule has 0 spiro atoms. The fraction of sp³-hybridized carbons (Fsp3) is 0.286. The van der Waals surface area contributed by atoms with E-state index in [-0.39, 0.29) is 11.5 Å². The molecule has 5 nitrogen and oxygen atoms in total. The predicted molar refractivity (Wildman–Crippen MR) is 76.8 cm³/mol. The number of hydrogen-bond acceptors (Lipinski definition) is 4. The monoisotopic (exact) mass is 293 g/mol. The van der Waals surface area contributed by atoms with Crippen LogP contribution < -0.4 is 4.74 Å². The van der Waals surface area contributed by atoms with Crippen LogP contribution in [0, 0.1) is 0 Å². The Labute approximate surface area is 121 Å². The van der Waals surface area contributed by atoms with Crippen LogP contribution in [0.25, 0.3) is 0 Å². The fourth-order valence-electron chi connectivity index (χ4n) is 1.72. The van der Waals surface area contributed by atoms with Gasteiger partial charge in [-0.1, -0.05) is 0 Å². The summed E-state index contributed by atoms with van der Waals surface area (Å²) in [6, 6.07) is 6.27. The van der Waals surface area contributed by atoms with E-state index in [2.05, 4.69) is 0 Å². The van der Waals surface area contributed by atoms with Gasteiger partial charge in [0.15, 0.2) is 0 Å². The Morgan fingerprint density at radius 1 is 1.35 bits per heavy atom. The van der Waals surface area contributed by atoms with Gasteiger partial charge in [-0.25, -0.2) is 4.79 Å². The number of ether oxygens (including phenoxy) is 1. The van der Waals surface area contributed by atoms with E-state index >= 15 is 0 Å². The molecule has 0 unspecified atom stereocenters. The molecule has 1 aromatic rings. The smallest absolute Gasteiger partial charge is 0.335 e. The third-order valence-electron chi connectivity index (χ3n) is 2.78. The average Bonchev–Trinajstić information content (AvgIpc) is 2.46. The van der Waals surface area contributed by atoms with Crippen LogP contribution in [-0.2, 0) is 4.79 Å². The summed E-state index contributed by atoms with van der Waals surface area (Å²) < 4.78 is 5.51. The second kappa shape index (κ2) is 7.00. The number of carbonyl (C=O) groups excluding carboxylic acids is 1. The Hall–Kier alpha value is -1.95. The van der Waals surface area contributed by atoms with Gasteiger partial charge in [0.05, 0.1) is 17.9 Å². The van der Waals surface area contributed by atoms with Crippen molar-refractivity contribution >= 4 is 23.6 Å². The summed E-state index contributed by atoms with van der Waals surface area (Å²) in [6.07, 6.45) is 2.51. The molecule has 0 fully saturated rings. The van der Waals surface area contributed by atoms with Gasteiger partial charge in [0.1, 0.15) is 5.75 Å². The van der Waals surface area contributed by atoms with E-state index in [1.807, 2.05) is 5.41 Å². The Balaban J connectivity index is 1.73. The van der Waals surface area contributed by atoms with Crippen LogP contribution in [0.4, 0.5) is 0 Å². The largest absolute Gasteiger partial charge is 0.494 e. The van der Waals surface area contributed by atoms with Crippen molar-refractivity contribution in [1.82, 2.24) is 4.90 Å². The fourth-order valence-corrected chi connectivity index (χ4v) is 2.36. The molecule has 0 bridgehead atoms. The van der Waals surface area contributed by atoms with Crippen LogP contribution in [0.1, 0.15) is 16.8 Å². The lowest BCUT2D eigenvalue weighted by atomic mass is 10.2. The Morgan fingerprint density at radius 2 is 2.10 bits per heavy atom. The highest BCUT2D eigenvalue weighted by Crippen LogP contribution is 2.14. The second-order valence-electron chi connectivity index (χ2n) is 4.21. The van der Waals surface area contributed by atoms with E-state index in [0.29, 0.717) is 24.7 Å². The molecular weight excluding hydrogens is 278 g/mol. The first-order valence-electron chi connectivity index (χ1n) is 6.21. The normalized spacial score (nSPS) is 14.4. The van der Waals surface area contributed by atoms with Crippen molar-refractivity contribution in [1.29, 1.82) is 0 Å². The van der Waals surface area contributed by atoms with E-state index < -0.39 is 5.97 Å². The predicted octanol–water partition coefficient (Wildman–Crippen LogP) is 2.20. The van der Waals surface area contributed by atoms with Crippen molar-refractivity contribution < 1.29 is 19.4 Å². The lowest BCUT2D eigenvalue weighted by Gasteiger charge is -2.20. The molecule has 20 heavy (non-hydrogen) atoms. The van der Waals surface area contributed by atoms with Crippen LogP contribution in [0.5, 0.6) is 5.75 Å². The van der Waals surface area contributed by atoms with Crippen LogP contribution in [0.15, 0.2) is 35.9 Å². The SMILES string of the molecule is O=C(O)c1ccc(OCCCN2C=CSCC2=O)cc1. The van der Waals surface area contributed by atoms with E-state index in [1.54, 1.807) is 23.2 Å². The summed E-state index contributed by atoms with van der Waals surface area (Å²) in [7, 11) is 0. The maximum absolute atomic E-state index is 11.5. The molecule has 1 heterocycles. The third-order valence-corrected chi connectivity index (χ3v) is 3.51. The molecule has 6 heteroatoms. The highest BCUT2D eigenvalue weighted by atomic mass is 32.2. The second-order valence-corrected chi connectivity index (χ2v) is 5.11.